The molecule has 16 nitrogen and oxygen atoms in total. The first-order valence-corrected chi connectivity index (χ1v) is 24.4. The molecule has 2 aromatic carbocycles. The van der Waals surface area contributed by atoms with Crippen molar-refractivity contribution in [3.05, 3.63) is 82.1 Å². The predicted octanol–water partition coefficient (Wildman–Crippen LogP) is 8.71. The Bertz CT molecular complexity index is 2880. The molecule has 4 aliphatic heterocycles. The van der Waals surface area contributed by atoms with Gasteiger partial charge in [0.15, 0.2) is 0 Å². The summed E-state index contributed by atoms with van der Waals surface area (Å²) in [4.78, 5) is 74.3. The Hall–Kier alpha value is -6.56. The molecule has 0 radical (unpaired) electrons. The molecule has 0 spiro atoms. The molecule has 18 heteroatoms. The number of rotatable bonds is 12. The second kappa shape index (κ2) is 18.2. The van der Waals surface area contributed by atoms with Crippen molar-refractivity contribution in [3.8, 4) is 28.3 Å². The number of likely N-dealkylation sites (tertiary alicyclic amines) is 2. The lowest BCUT2D eigenvalue weighted by atomic mass is 9.95. The van der Waals surface area contributed by atoms with Crippen molar-refractivity contribution in [2.45, 2.75) is 109 Å². The maximum Gasteiger partial charge on any atom is 0.407 e. The van der Waals surface area contributed by atoms with Crippen LogP contribution in [0, 0.1) is 17.7 Å². The molecular formula is C50H56FN9O7S. The van der Waals surface area contributed by atoms with Crippen molar-refractivity contribution >= 4 is 57.5 Å². The first-order valence-electron chi connectivity index (χ1n) is 23.5. The number of hydrogen-bond acceptors (Lipinski definition) is 11. The highest BCUT2D eigenvalue weighted by Gasteiger charge is 2.41. The molecule has 7 heterocycles. The highest BCUT2D eigenvalue weighted by molar-refractivity contribution is 7.11. The van der Waals surface area contributed by atoms with Crippen LogP contribution < -0.4 is 15.4 Å². The summed E-state index contributed by atoms with van der Waals surface area (Å²) in [6.07, 6.45) is 9.23. The third kappa shape index (κ3) is 8.29. The van der Waals surface area contributed by atoms with Crippen LogP contribution in [0.15, 0.2) is 60.0 Å². The number of carbonyl (C=O) groups excluding carboxylic acids is 4. The molecular weight excluding hydrogens is 890 g/mol. The van der Waals surface area contributed by atoms with E-state index < -0.39 is 36.3 Å². The van der Waals surface area contributed by atoms with E-state index in [-0.39, 0.29) is 35.7 Å². The summed E-state index contributed by atoms with van der Waals surface area (Å²) < 4.78 is 35.5. The summed E-state index contributed by atoms with van der Waals surface area (Å²) in [6, 6.07) is 9.53. The Labute approximate surface area is 397 Å². The monoisotopic (exact) mass is 945 g/mol. The number of allylic oxidation sites excluding steroid dienone is 1. The average molecular weight is 946 g/mol. The molecule has 1 saturated carbocycles. The molecule has 5 aromatic rings. The summed E-state index contributed by atoms with van der Waals surface area (Å²) in [6.45, 7) is 8.64. The van der Waals surface area contributed by atoms with Crippen molar-refractivity contribution in [3.63, 3.8) is 0 Å². The van der Waals surface area contributed by atoms with Crippen LogP contribution in [-0.4, -0.2) is 104 Å². The number of methoxy groups -OCH3 is 2. The highest BCUT2D eigenvalue weighted by atomic mass is 32.1. The number of nitrogens with one attached hydrogen (secondary N) is 3. The normalized spacial score (nSPS) is 20.8. The first kappa shape index (κ1) is 45.2. The molecule has 2 saturated heterocycles. The zero-order valence-corrected chi connectivity index (χ0v) is 39.8. The standard InChI is InChI=1S/C50H56FN9O7S/c1-25(2)42(56-49(63)65-5)46(61)58-15-7-9-36(58)33-19-31(22-52-33)29-18-32(51)41-38-20-30-17-28(13-14-35(30)60(38)48(67-39(41)21-29)40-24-54-45(68-40)27-11-12-27)34-23-53-44(55-34)37-10-8-16-59(37)47(62)43(26(3)4)57-50(64)66-6/h13-14,17-18,20-27,36-37,42-43,48H,7-12,15-16,19H2,1-6H3,(H,53,55)(H,56,63)(H,57,64)/t36-,37-,42-,43-,48-/m0/s1. The van der Waals surface area contributed by atoms with Crippen LogP contribution in [0.1, 0.15) is 112 Å². The van der Waals surface area contributed by atoms with Gasteiger partial charge in [0, 0.05) is 54.5 Å². The number of hydrogen-bond donors (Lipinski definition) is 3. The number of fused-ring (bicyclic) bond motifs is 5. The van der Waals surface area contributed by atoms with Crippen molar-refractivity contribution < 1.29 is 37.8 Å². The van der Waals surface area contributed by atoms with Gasteiger partial charge in [-0.15, -0.1) is 11.3 Å². The third-order valence-electron chi connectivity index (χ3n) is 13.9. The van der Waals surface area contributed by atoms with Crippen LogP contribution in [-0.2, 0) is 19.1 Å². The van der Waals surface area contributed by atoms with Gasteiger partial charge in [0.05, 0.1) is 64.9 Å². The van der Waals surface area contributed by atoms with E-state index in [1.165, 1.54) is 14.2 Å². The first-order chi connectivity index (χ1) is 32.8. The van der Waals surface area contributed by atoms with Gasteiger partial charge in [0.1, 0.15) is 29.5 Å². The molecule has 68 heavy (non-hydrogen) atoms. The quantitative estimate of drug-likeness (QED) is 0.110. The number of alkyl carbamates (subject to hydrolysis) is 2. The van der Waals surface area contributed by atoms with Gasteiger partial charge >= 0.3 is 12.2 Å². The predicted molar refractivity (Wildman–Crippen MR) is 255 cm³/mol. The maximum absolute atomic E-state index is 16.9. The van der Waals surface area contributed by atoms with Crippen LogP contribution in [0.3, 0.4) is 0 Å². The van der Waals surface area contributed by atoms with E-state index in [2.05, 4.69) is 26.3 Å². The van der Waals surface area contributed by atoms with E-state index >= 15 is 4.39 Å². The van der Waals surface area contributed by atoms with Gasteiger partial charge in [0.2, 0.25) is 18.0 Å². The number of aliphatic imine (C=N–C) groups is 1. The molecule has 356 valence electrons. The van der Waals surface area contributed by atoms with Crippen LogP contribution in [0.4, 0.5) is 14.0 Å². The van der Waals surface area contributed by atoms with Gasteiger partial charge in [0.25, 0.3) is 0 Å². The van der Waals surface area contributed by atoms with Gasteiger partial charge in [-0.1, -0.05) is 33.8 Å². The second-order valence-electron chi connectivity index (χ2n) is 19.1. The van der Waals surface area contributed by atoms with Gasteiger partial charge in [-0.3, -0.25) is 19.1 Å². The van der Waals surface area contributed by atoms with Gasteiger partial charge in [-0.2, -0.15) is 0 Å². The minimum absolute atomic E-state index is 0.150. The summed E-state index contributed by atoms with van der Waals surface area (Å²) in [5.41, 5.74) is 5.83. The fourth-order valence-electron chi connectivity index (χ4n) is 10.2. The van der Waals surface area contributed by atoms with E-state index in [0.29, 0.717) is 53.8 Å². The van der Waals surface area contributed by atoms with Crippen molar-refractivity contribution in [2.24, 2.45) is 16.8 Å². The van der Waals surface area contributed by atoms with Crippen molar-refractivity contribution in [2.75, 3.05) is 27.3 Å². The second-order valence-corrected chi connectivity index (χ2v) is 20.2. The molecule has 0 unspecified atom stereocenters. The minimum Gasteiger partial charge on any atom is -0.464 e. The number of thiazole rings is 1. The molecule has 5 atom stereocenters. The summed E-state index contributed by atoms with van der Waals surface area (Å²) >= 11 is 1.63. The maximum atomic E-state index is 16.9. The Morgan fingerprint density at radius 1 is 0.838 bits per heavy atom. The smallest absolute Gasteiger partial charge is 0.407 e. The number of aromatic nitrogens is 4. The van der Waals surface area contributed by atoms with Crippen molar-refractivity contribution in [1.82, 2.24) is 40.0 Å². The van der Waals surface area contributed by atoms with E-state index in [4.69, 9.17) is 29.2 Å². The molecule has 1 aliphatic carbocycles. The molecule has 10 rings (SSSR count). The molecule has 4 amide bonds. The fourth-order valence-corrected chi connectivity index (χ4v) is 11.3. The van der Waals surface area contributed by atoms with Crippen LogP contribution in [0.2, 0.25) is 0 Å². The molecule has 0 bridgehead atoms. The topological polar surface area (TPSA) is 185 Å². The number of H-pyrrole nitrogens is 1. The zero-order valence-electron chi connectivity index (χ0n) is 39.0. The SMILES string of the molecule is COC(=O)N[C@H](C(=O)N1CCC[C@H]1C1=NC=C(c2cc(F)c3c(c2)O[C@@H](c2cnc(C4CC4)s2)n2c-3cc3cc(-c4cnc([C@@H]5CCCN5C(=O)[C@@H](NC(=O)OC)C(C)C)[nH]4)ccc32)C1)C(C)C. The number of amides is 4. The Kier molecular flexibility index (Phi) is 12.1. The number of imidazole rings is 1. The largest absolute Gasteiger partial charge is 0.464 e. The Morgan fingerprint density at radius 2 is 1.51 bits per heavy atom. The number of halogens is 1. The molecule has 5 aliphatic rings. The summed E-state index contributed by atoms with van der Waals surface area (Å²) in [5.74, 6) is 0.439. The fraction of sp³-hybridized carbons (Fsp3) is 0.460. The highest BCUT2D eigenvalue weighted by Crippen LogP contribution is 2.50. The minimum atomic E-state index is -0.744. The van der Waals surface area contributed by atoms with E-state index in [9.17, 15) is 19.2 Å². The summed E-state index contributed by atoms with van der Waals surface area (Å²) in [7, 11) is 2.56. The third-order valence-corrected chi connectivity index (χ3v) is 15.1. The van der Waals surface area contributed by atoms with Crippen LogP contribution in [0.5, 0.6) is 5.75 Å². The Balaban J connectivity index is 0.937. The van der Waals surface area contributed by atoms with Gasteiger partial charge in [-0.05, 0) is 91.8 Å². The van der Waals surface area contributed by atoms with Crippen LogP contribution in [0.25, 0.3) is 39.0 Å². The molecule has 3 N–H and O–H groups in total. The van der Waals surface area contributed by atoms with E-state index in [0.717, 1.165) is 81.9 Å². The lowest BCUT2D eigenvalue weighted by Gasteiger charge is -2.31. The van der Waals surface area contributed by atoms with Crippen LogP contribution >= 0.6 is 11.3 Å². The summed E-state index contributed by atoms with van der Waals surface area (Å²) in [5, 5.41) is 7.37. The lowest BCUT2D eigenvalue weighted by Crippen LogP contribution is -2.53. The molecule has 3 fully saturated rings. The number of benzene rings is 2. The number of carbonyl (C=O) groups is 4. The van der Waals surface area contributed by atoms with Gasteiger partial charge in [-0.25, -0.2) is 23.9 Å². The van der Waals surface area contributed by atoms with Gasteiger partial charge < -0.3 is 39.6 Å². The Morgan fingerprint density at radius 3 is 2.18 bits per heavy atom. The number of ether oxygens (including phenoxy) is 3. The number of aromatic amines is 1. The van der Waals surface area contributed by atoms with E-state index in [1.54, 1.807) is 39.6 Å². The average Bonchev–Trinajstić information content (AvgIpc) is 4.05. The molecule has 3 aromatic heterocycles. The lowest BCUT2D eigenvalue weighted by molar-refractivity contribution is -0.135. The zero-order chi connectivity index (χ0) is 47.5. The van der Waals surface area contributed by atoms with Crippen molar-refractivity contribution in [1.29, 1.82) is 0 Å². The number of nitrogens with zero attached hydrogens (tertiary/aromatic N) is 6. The van der Waals surface area contributed by atoms with E-state index in [1.807, 2.05) is 58.2 Å².